The van der Waals surface area contributed by atoms with Crippen LogP contribution in [0.1, 0.15) is 17.3 Å². The predicted molar refractivity (Wildman–Crippen MR) is 57.5 cm³/mol. The first-order chi connectivity index (χ1) is 7.33. The highest BCUT2D eigenvalue weighted by Gasteiger charge is 2.09. The number of nitrogens with one attached hydrogen (secondary N) is 1. The average molecular weight is 201 g/mol. The zero-order valence-corrected chi connectivity index (χ0v) is 8.40. The van der Waals surface area contributed by atoms with Crippen molar-refractivity contribution in [1.82, 2.24) is 15.3 Å². The molecule has 4 heteroatoms. The molecule has 1 aromatic heterocycles. The van der Waals surface area contributed by atoms with Crippen molar-refractivity contribution in [3.05, 3.63) is 36.2 Å². The molecule has 76 valence electrons. The first kappa shape index (κ1) is 9.58. The van der Waals surface area contributed by atoms with E-state index in [2.05, 4.69) is 15.3 Å². The van der Waals surface area contributed by atoms with Crippen LogP contribution in [0.5, 0.6) is 0 Å². The smallest absolute Gasteiger partial charge is 0.253 e. The summed E-state index contributed by atoms with van der Waals surface area (Å²) in [6, 6.07) is 5.40. The second kappa shape index (κ2) is 4.04. The van der Waals surface area contributed by atoms with Gasteiger partial charge in [-0.3, -0.25) is 14.8 Å². The van der Waals surface area contributed by atoms with Gasteiger partial charge < -0.3 is 5.32 Å². The van der Waals surface area contributed by atoms with Crippen LogP contribution in [-0.2, 0) is 0 Å². The highest BCUT2D eigenvalue weighted by atomic mass is 16.1. The van der Waals surface area contributed by atoms with E-state index < -0.39 is 0 Å². The molecule has 2 aromatic rings. The molecule has 0 bridgehead atoms. The van der Waals surface area contributed by atoms with Gasteiger partial charge in [-0.1, -0.05) is 6.07 Å². The number of benzene rings is 1. The largest absolute Gasteiger partial charge is 0.352 e. The van der Waals surface area contributed by atoms with Crippen molar-refractivity contribution in [1.29, 1.82) is 0 Å². The number of hydrogen-bond acceptors (Lipinski definition) is 3. The maximum absolute atomic E-state index is 11.7. The molecule has 1 heterocycles. The van der Waals surface area contributed by atoms with E-state index in [-0.39, 0.29) is 5.91 Å². The Kier molecular flexibility index (Phi) is 2.58. The van der Waals surface area contributed by atoms with Crippen molar-refractivity contribution >= 4 is 16.9 Å². The van der Waals surface area contributed by atoms with Gasteiger partial charge in [-0.2, -0.15) is 0 Å². The van der Waals surface area contributed by atoms with Crippen LogP contribution in [0, 0.1) is 0 Å². The molecule has 0 spiro atoms. The molecular formula is C11H11N3O. The van der Waals surface area contributed by atoms with Gasteiger partial charge in [-0.15, -0.1) is 0 Å². The van der Waals surface area contributed by atoms with Crippen molar-refractivity contribution in [2.45, 2.75) is 6.92 Å². The molecule has 1 amide bonds. The summed E-state index contributed by atoms with van der Waals surface area (Å²) in [7, 11) is 0. The molecule has 0 radical (unpaired) electrons. The summed E-state index contributed by atoms with van der Waals surface area (Å²) in [6.07, 6.45) is 3.20. The summed E-state index contributed by atoms with van der Waals surface area (Å²) in [4.78, 5) is 20.0. The minimum Gasteiger partial charge on any atom is -0.352 e. The lowest BCUT2D eigenvalue weighted by Gasteiger charge is -2.04. The molecule has 0 saturated carbocycles. The first-order valence-electron chi connectivity index (χ1n) is 4.81. The topological polar surface area (TPSA) is 54.9 Å². The van der Waals surface area contributed by atoms with Crippen LogP contribution in [0.25, 0.3) is 11.0 Å². The third-order valence-corrected chi connectivity index (χ3v) is 2.08. The maximum Gasteiger partial charge on any atom is 0.253 e. The molecule has 0 aliphatic heterocycles. The number of hydrogen-bond donors (Lipinski definition) is 1. The number of para-hydroxylation sites is 1. The zero-order chi connectivity index (χ0) is 10.7. The molecule has 0 saturated heterocycles. The van der Waals surface area contributed by atoms with E-state index in [1.807, 2.05) is 19.1 Å². The second-order valence-electron chi connectivity index (χ2n) is 3.09. The Morgan fingerprint density at radius 1 is 1.33 bits per heavy atom. The van der Waals surface area contributed by atoms with E-state index in [0.717, 1.165) is 5.52 Å². The number of fused-ring (bicyclic) bond motifs is 1. The third-order valence-electron chi connectivity index (χ3n) is 2.08. The average Bonchev–Trinajstić information content (AvgIpc) is 2.28. The number of rotatable bonds is 2. The lowest BCUT2D eigenvalue weighted by molar-refractivity contribution is 0.0957. The monoisotopic (exact) mass is 201 g/mol. The first-order valence-corrected chi connectivity index (χ1v) is 4.81. The Morgan fingerprint density at radius 3 is 2.93 bits per heavy atom. The Labute approximate surface area is 87.4 Å². The van der Waals surface area contributed by atoms with Gasteiger partial charge in [0.25, 0.3) is 5.91 Å². The highest BCUT2D eigenvalue weighted by molar-refractivity contribution is 6.04. The van der Waals surface area contributed by atoms with E-state index in [1.54, 1.807) is 18.5 Å². The van der Waals surface area contributed by atoms with Gasteiger partial charge in [0, 0.05) is 18.9 Å². The normalized spacial score (nSPS) is 10.2. The summed E-state index contributed by atoms with van der Waals surface area (Å²) in [5, 5.41) is 2.75. The lowest BCUT2D eigenvalue weighted by atomic mass is 10.1. The zero-order valence-electron chi connectivity index (χ0n) is 8.40. The van der Waals surface area contributed by atoms with Gasteiger partial charge >= 0.3 is 0 Å². The Balaban J connectivity index is 2.56. The Morgan fingerprint density at radius 2 is 2.13 bits per heavy atom. The molecule has 2 rings (SSSR count). The summed E-state index contributed by atoms with van der Waals surface area (Å²) in [5.41, 5.74) is 1.95. The van der Waals surface area contributed by atoms with Gasteiger partial charge in [0.15, 0.2) is 0 Å². The van der Waals surface area contributed by atoms with Gasteiger partial charge in [-0.25, -0.2) is 0 Å². The second-order valence-corrected chi connectivity index (χ2v) is 3.09. The van der Waals surface area contributed by atoms with Gasteiger partial charge in [0.05, 0.1) is 11.1 Å². The summed E-state index contributed by atoms with van der Waals surface area (Å²) < 4.78 is 0. The van der Waals surface area contributed by atoms with Crippen LogP contribution >= 0.6 is 0 Å². The molecule has 0 aliphatic carbocycles. The van der Waals surface area contributed by atoms with Crippen molar-refractivity contribution in [2.24, 2.45) is 0 Å². The molecule has 1 N–H and O–H groups in total. The van der Waals surface area contributed by atoms with Crippen LogP contribution in [-0.4, -0.2) is 22.4 Å². The van der Waals surface area contributed by atoms with Crippen LogP contribution in [0.2, 0.25) is 0 Å². The van der Waals surface area contributed by atoms with Crippen molar-refractivity contribution in [3.63, 3.8) is 0 Å². The van der Waals surface area contributed by atoms with Gasteiger partial charge in [-0.05, 0) is 19.1 Å². The van der Waals surface area contributed by atoms with E-state index in [4.69, 9.17) is 0 Å². The van der Waals surface area contributed by atoms with Crippen LogP contribution in [0.3, 0.4) is 0 Å². The molecule has 0 atom stereocenters. The predicted octanol–water partition coefficient (Wildman–Crippen LogP) is 1.38. The summed E-state index contributed by atoms with van der Waals surface area (Å²) >= 11 is 0. The van der Waals surface area contributed by atoms with E-state index in [0.29, 0.717) is 17.6 Å². The van der Waals surface area contributed by atoms with E-state index >= 15 is 0 Å². The van der Waals surface area contributed by atoms with Crippen LogP contribution in [0.4, 0.5) is 0 Å². The number of carbonyl (C=O) groups is 1. The van der Waals surface area contributed by atoms with E-state index in [9.17, 15) is 4.79 Å². The summed E-state index contributed by atoms with van der Waals surface area (Å²) in [6.45, 7) is 2.49. The minimum atomic E-state index is -0.108. The number of nitrogens with zero attached hydrogens (tertiary/aromatic N) is 2. The number of carbonyl (C=O) groups excluding carboxylic acids is 1. The molecule has 0 aliphatic rings. The fourth-order valence-electron chi connectivity index (χ4n) is 1.43. The molecule has 0 unspecified atom stereocenters. The van der Waals surface area contributed by atoms with Crippen molar-refractivity contribution in [3.8, 4) is 0 Å². The summed E-state index contributed by atoms with van der Waals surface area (Å²) in [5.74, 6) is -0.108. The molecule has 1 aromatic carbocycles. The lowest BCUT2D eigenvalue weighted by Crippen LogP contribution is -2.23. The molecule has 4 nitrogen and oxygen atoms in total. The Bertz CT molecular complexity index is 491. The van der Waals surface area contributed by atoms with Crippen LogP contribution in [0.15, 0.2) is 30.6 Å². The quantitative estimate of drug-likeness (QED) is 0.798. The van der Waals surface area contributed by atoms with Gasteiger partial charge in [0.1, 0.15) is 5.52 Å². The van der Waals surface area contributed by atoms with Crippen molar-refractivity contribution < 1.29 is 4.79 Å². The molecule has 0 fully saturated rings. The minimum absolute atomic E-state index is 0.108. The van der Waals surface area contributed by atoms with Gasteiger partial charge in [0.2, 0.25) is 0 Å². The Hall–Kier alpha value is -1.97. The van der Waals surface area contributed by atoms with Crippen LogP contribution < -0.4 is 5.32 Å². The highest BCUT2D eigenvalue weighted by Crippen LogP contribution is 2.13. The van der Waals surface area contributed by atoms with Crippen molar-refractivity contribution in [2.75, 3.05) is 6.54 Å². The van der Waals surface area contributed by atoms with E-state index in [1.165, 1.54) is 0 Å². The fourth-order valence-corrected chi connectivity index (χ4v) is 1.43. The molecular weight excluding hydrogens is 190 g/mol. The number of amides is 1. The SMILES string of the molecule is CCNC(=O)c1cccc2nccnc12. The fraction of sp³-hybridized carbons (Fsp3) is 0.182. The maximum atomic E-state index is 11.7. The third kappa shape index (κ3) is 1.79. The molecule has 15 heavy (non-hydrogen) atoms. The standard InChI is InChI=1S/C11H11N3O/c1-2-12-11(15)8-4-3-5-9-10(8)14-7-6-13-9/h3-7H,2H2,1H3,(H,12,15). The number of aromatic nitrogens is 2.